The van der Waals surface area contributed by atoms with Crippen LogP contribution in [0.25, 0.3) is 0 Å². The van der Waals surface area contributed by atoms with E-state index in [1.807, 2.05) is 30.3 Å². The predicted octanol–water partition coefficient (Wildman–Crippen LogP) is 3.25. The summed E-state index contributed by atoms with van der Waals surface area (Å²) in [4.78, 5) is 36.7. The van der Waals surface area contributed by atoms with Gasteiger partial charge in [0.15, 0.2) is 0 Å². The highest BCUT2D eigenvalue weighted by Crippen LogP contribution is 2.16. The van der Waals surface area contributed by atoms with Crippen molar-refractivity contribution >= 4 is 23.4 Å². The molecule has 0 aliphatic heterocycles. The van der Waals surface area contributed by atoms with E-state index >= 15 is 0 Å². The van der Waals surface area contributed by atoms with Gasteiger partial charge < -0.3 is 15.4 Å². The molecular weight excluding hydrogens is 500 g/mol. The number of methoxy groups -OCH3 is 1. The van der Waals surface area contributed by atoms with Gasteiger partial charge in [0.25, 0.3) is 0 Å². The van der Waals surface area contributed by atoms with Gasteiger partial charge in [0.05, 0.1) is 19.9 Å². The summed E-state index contributed by atoms with van der Waals surface area (Å²) in [6.45, 7) is 0.772. The normalized spacial score (nSPS) is 11.4. The number of carbonyl (C=O) groups excluding carboxylic acids is 3. The lowest BCUT2D eigenvalue weighted by atomic mass is 9.95. The zero-order valence-corrected chi connectivity index (χ0v) is 22.1. The standard InChI is InChI=1S/C28H36N6O5/c1-39-25-15-13-23(14-16-25)30-26(35)12-5-6-17-34-20-24(31-33-34)19-29-28(37)22(18-27(36)32-38)11-7-10-21-8-3-2-4-9-21/h2-4,8-9,13-16,20,22,38H,5-7,10-12,17-19H2,1H3,(H,29,37)(H,30,35)(H,32,36). The number of hydroxylamine groups is 1. The molecule has 11 heteroatoms. The van der Waals surface area contributed by atoms with Gasteiger partial charge in [-0.1, -0.05) is 35.5 Å². The summed E-state index contributed by atoms with van der Waals surface area (Å²) < 4.78 is 6.79. The van der Waals surface area contributed by atoms with Crippen LogP contribution in [0, 0.1) is 5.92 Å². The molecule has 1 atom stereocenters. The number of carbonyl (C=O) groups is 3. The number of rotatable bonds is 16. The van der Waals surface area contributed by atoms with Crippen LogP contribution in [0.15, 0.2) is 60.8 Å². The van der Waals surface area contributed by atoms with Crippen molar-refractivity contribution in [2.75, 3.05) is 12.4 Å². The maximum Gasteiger partial charge on any atom is 0.244 e. The molecule has 0 saturated heterocycles. The molecule has 2 aromatic carbocycles. The van der Waals surface area contributed by atoms with Gasteiger partial charge in [-0.25, -0.2) is 5.48 Å². The summed E-state index contributed by atoms with van der Waals surface area (Å²) in [5.74, 6) is -0.773. The quantitative estimate of drug-likeness (QED) is 0.125. The van der Waals surface area contributed by atoms with Crippen LogP contribution in [0.2, 0.25) is 0 Å². The Labute approximate surface area is 227 Å². The average molecular weight is 537 g/mol. The van der Waals surface area contributed by atoms with Crippen molar-refractivity contribution in [2.45, 2.75) is 58.0 Å². The predicted molar refractivity (Wildman–Crippen MR) is 145 cm³/mol. The maximum atomic E-state index is 12.8. The van der Waals surface area contributed by atoms with Gasteiger partial charge >= 0.3 is 0 Å². The fourth-order valence-electron chi connectivity index (χ4n) is 4.10. The van der Waals surface area contributed by atoms with Gasteiger partial charge in [-0.3, -0.25) is 24.3 Å². The Hall–Kier alpha value is -4.25. The first-order valence-electron chi connectivity index (χ1n) is 13.0. The fraction of sp³-hybridized carbons (Fsp3) is 0.393. The second kappa shape index (κ2) is 15.9. The molecule has 1 aromatic heterocycles. The number of hydrogen-bond donors (Lipinski definition) is 4. The Kier molecular flexibility index (Phi) is 11.9. The summed E-state index contributed by atoms with van der Waals surface area (Å²) in [7, 11) is 1.59. The monoisotopic (exact) mass is 536 g/mol. The molecule has 1 unspecified atom stereocenters. The molecule has 11 nitrogen and oxygen atoms in total. The number of aryl methyl sites for hydroxylation is 2. The Morgan fingerprint density at radius 2 is 1.77 bits per heavy atom. The Bertz CT molecular complexity index is 1180. The van der Waals surface area contributed by atoms with Crippen LogP contribution in [0.4, 0.5) is 5.69 Å². The molecule has 4 N–H and O–H groups in total. The zero-order chi connectivity index (χ0) is 27.9. The van der Waals surface area contributed by atoms with Crippen LogP contribution in [-0.4, -0.2) is 45.0 Å². The van der Waals surface area contributed by atoms with Crippen molar-refractivity contribution in [3.63, 3.8) is 0 Å². The number of nitrogens with zero attached hydrogens (tertiary/aromatic N) is 3. The van der Waals surface area contributed by atoms with Crippen LogP contribution >= 0.6 is 0 Å². The second-order valence-electron chi connectivity index (χ2n) is 9.24. The van der Waals surface area contributed by atoms with E-state index in [9.17, 15) is 14.4 Å². The van der Waals surface area contributed by atoms with Crippen molar-refractivity contribution in [3.05, 3.63) is 72.1 Å². The summed E-state index contributed by atoms with van der Waals surface area (Å²) >= 11 is 0. The molecule has 0 radical (unpaired) electrons. The first-order chi connectivity index (χ1) is 19.0. The minimum Gasteiger partial charge on any atom is -0.497 e. The van der Waals surface area contributed by atoms with E-state index in [1.165, 1.54) is 0 Å². The SMILES string of the molecule is COc1ccc(NC(=O)CCCCn2cc(CNC(=O)C(CCCc3ccccc3)CC(=O)NO)nn2)cc1. The Morgan fingerprint density at radius 3 is 2.49 bits per heavy atom. The number of unbranched alkanes of at least 4 members (excludes halogenated alkanes) is 1. The van der Waals surface area contributed by atoms with Crippen LogP contribution in [-0.2, 0) is 33.9 Å². The number of hydrogen-bond acceptors (Lipinski definition) is 7. The molecule has 1 heterocycles. The highest BCUT2D eigenvalue weighted by atomic mass is 16.5. The molecule has 0 aliphatic carbocycles. The van der Waals surface area contributed by atoms with Crippen LogP contribution in [0.1, 0.15) is 49.8 Å². The minimum absolute atomic E-state index is 0.0599. The number of aromatic nitrogens is 3. The third-order valence-electron chi connectivity index (χ3n) is 6.23. The first-order valence-corrected chi connectivity index (χ1v) is 13.0. The lowest BCUT2D eigenvalue weighted by molar-refractivity contribution is -0.135. The first kappa shape index (κ1) is 29.3. The number of nitrogens with one attached hydrogen (secondary N) is 3. The molecule has 208 valence electrons. The van der Waals surface area contributed by atoms with E-state index in [1.54, 1.807) is 47.7 Å². The van der Waals surface area contributed by atoms with E-state index < -0.39 is 11.8 Å². The molecule has 39 heavy (non-hydrogen) atoms. The molecule has 3 aromatic rings. The van der Waals surface area contributed by atoms with Crippen LogP contribution < -0.4 is 20.9 Å². The third kappa shape index (κ3) is 10.6. The number of ether oxygens (including phenoxy) is 1. The maximum absolute atomic E-state index is 12.8. The lowest BCUT2D eigenvalue weighted by Gasteiger charge is -2.15. The van der Waals surface area contributed by atoms with Gasteiger partial charge in [-0.15, -0.1) is 5.10 Å². The third-order valence-corrected chi connectivity index (χ3v) is 6.23. The Balaban J connectivity index is 1.37. The number of amides is 3. The summed E-state index contributed by atoms with van der Waals surface area (Å²) in [6.07, 6.45) is 5.50. The molecule has 0 saturated carbocycles. The van der Waals surface area contributed by atoms with Crippen molar-refractivity contribution in [1.29, 1.82) is 0 Å². The summed E-state index contributed by atoms with van der Waals surface area (Å²) in [5, 5.41) is 22.8. The molecule has 3 rings (SSSR count). The van der Waals surface area contributed by atoms with E-state index in [2.05, 4.69) is 20.9 Å². The van der Waals surface area contributed by atoms with Gasteiger partial charge in [0.1, 0.15) is 11.4 Å². The second-order valence-corrected chi connectivity index (χ2v) is 9.24. The van der Waals surface area contributed by atoms with Crippen LogP contribution in [0.3, 0.4) is 0 Å². The molecule has 0 aliphatic rings. The number of benzene rings is 2. The zero-order valence-electron chi connectivity index (χ0n) is 22.1. The number of anilines is 1. The van der Waals surface area contributed by atoms with Gasteiger partial charge in [-0.05, 0) is 61.9 Å². The lowest BCUT2D eigenvalue weighted by Crippen LogP contribution is -2.34. The molecule has 0 bridgehead atoms. The summed E-state index contributed by atoms with van der Waals surface area (Å²) in [5.41, 5.74) is 4.09. The van der Waals surface area contributed by atoms with Crippen molar-refractivity contribution in [2.24, 2.45) is 5.92 Å². The van der Waals surface area contributed by atoms with E-state index in [4.69, 9.17) is 9.94 Å². The topological polar surface area (TPSA) is 147 Å². The highest BCUT2D eigenvalue weighted by molar-refractivity contribution is 5.90. The van der Waals surface area contributed by atoms with Crippen molar-refractivity contribution in [1.82, 2.24) is 25.8 Å². The largest absolute Gasteiger partial charge is 0.497 e. The minimum atomic E-state index is -0.599. The fourth-order valence-corrected chi connectivity index (χ4v) is 4.10. The molecule has 0 spiro atoms. The molecular formula is C28H36N6O5. The summed E-state index contributed by atoms with van der Waals surface area (Å²) in [6, 6.07) is 17.1. The smallest absolute Gasteiger partial charge is 0.244 e. The van der Waals surface area contributed by atoms with Crippen molar-refractivity contribution < 1.29 is 24.3 Å². The average Bonchev–Trinajstić information content (AvgIpc) is 3.42. The van der Waals surface area contributed by atoms with Gasteiger partial charge in [0.2, 0.25) is 17.7 Å². The van der Waals surface area contributed by atoms with Crippen molar-refractivity contribution in [3.8, 4) is 5.75 Å². The van der Waals surface area contributed by atoms with Gasteiger partial charge in [-0.2, -0.15) is 0 Å². The van der Waals surface area contributed by atoms with Crippen LogP contribution in [0.5, 0.6) is 5.75 Å². The molecule has 3 amide bonds. The van der Waals surface area contributed by atoms with E-state index in [-0.39, 0.29) is 24.8 Å². The van der Waals surface area contributed by atoms with E-state index in [0.717, 1.165) is 36.3 Å². The van der Waals surface area contributed by atoms with Gasteiger partial charge in [0, 0.05) is 31.0 Å². The van der Waals surface area contributed by atoms with E-state index in [0.29, 0.717) is 31.5 Å². The Morgan fingerprint density at radius 1 is 1.00 bits per heavy atom. The highest BCUT2D eigenvalue weighted by Gasteiger charge is 2.21. The molecule has 0 fully saturated rings.